The maximum atomic E-state index is 12.0. The van der Waals surface area contributed by atoms with Crippen LogP contribution in [0.15, 0.2) is 27.4 Å². The van der Waals surface area contributed by atoms with Crippen molar-refractivity contribution < 1.29 is 28.2 Å². The molecule has 0 atom stereocenters. The van der Waals surface area contributed by atoms with E-state index < -0.39 is 17.6 Å². The summed E-state index contributed by atoms with van der Waals surface area (Å²) < 4.78 is 19.5. The first-order valence-electron chi connectivity index (χ1n) is 6.79. The number of aryl methyl sites for hydroxylation is 1. The van der Waals surface area contributed by atoms with E-state index in [1.807, 2.05) is 0 Å². The molecule has 23 heavy (non-hydrogen) atoms. The van der Waals surface area contributed by atoms with Crippen molar-refractivity contribution in [3.05, 3.63) is 39.7 Å². The van der Waals surface area contributed by atoms with Crippen LogP contribution >= 0.6 is 0 Å². The molecule has 7 nitrogen and oxygen atoms in total. The van der Waals surface area contributed by atoms with Gasteiger partial charge in [0, 0.05) is 11.5 Å². The van der Waals surface area contributed by atoms with Crippen LogP contribution in [0.3, 0.4) is 0 Å². The first-order valence-corrected chi connectivity index (χ1v) is 6.79. The average Bonchev–Trinajstić information content (AvgIpc) is 2.55. The Morgan fingerprint density at radius 2 is 1.83 bits per heavy atom. The summed E-state index contributed by atoms with van der Waals surface area (Å²) in [6.45, 7) is 1.48. The van der Waals surface area contributed by atoms with Gasteiger partial charge in [0.05, 0.1) is 26.2 Å². The number of benzene rings is 1. The largest absolute Gasteiger partial charge is 0.482 e. The van der Waals surface area contributed by atoms with Crippen LogP contribution in [0.1, 0.15) is 11.1 Å². The number of hydrogen-bond acceptors (Lipinski definition) is 7. The zero-order valence-electron chi connectivity index (χ0n) is 13.0. The van der Waals surface area contributed by atoms with Crippen LogP contribution in [0, 0.1) is 6.92 Å². The van der Waals surface area contributed by atoms with Crippen molar-refractivity contribution in [3.8, 4) is 5.75 Å². The fraction of sp³-hybridized carbons (Fsp3) is 0.312. The smallest absolute Gasteiger partial charge is 0.343 e. The van der Waals surface area contributed by atoms with Crippen LogP contribution in [0.2, 0.25) is 0 Å². The van der Waals surface area contributed by atoms with E-state index in [0.29, 0.717) is 22.3 Å². The minimum Gasteiger partial charge on any atom is -0.482 e. The number of fused-ring (bicyclic) bond motifs is 1. The lowest BCUT2D eigenvalue weighted by Crippen LogP contribution is -2.16. The molecule has 0 saturated carbocycles. The minimum absolute atomic E-state index is 0.152. The molecule has 0 N–H and O–H groups in total. The summed E-state index contributed by atoms with van der Waals surface area (Å²) in [7, 11) is 2.52. The topological polar surface area (TPSA) is 92.0 Å². The van der Waals surface area contributed by atoms with Gasteiger partial charge in [-0.2, -0.15) is 0 Å². The van der Waals surface area contributed by atoms with Gasteiger partial charge in [0.2, 0.25) is 0 Å². The Kier molecular flexibility index (Phi) is 5.00. The second-order valence-electron chi connectivity index (χ2n) is 4.77. The van der Waals surface area contributed by atoms with Crippen LogP contribution in [-0.4, -0.2) is 32.8 Å². The predicted octanol–water partition coefficient (Wildman–Crippen LogP) is 1.37. The number of ether oxygens (including phenoxy) is 3. The van der Waals surface area contributed by atoms with Crippen LogP contribution < -0.4 is 10.4 Å². The predicted molar refractivity (Wildman–Crippen MR) is 80.5 cm³/mol. The molecular formula is C16H16O7. The molecule has 0 unspecified atom stereocenters. The number of methoxy groups -OCH3 is 2. The van der Waals surface area contributed by atoms with Gasteiger partial charge in [0.1, 0.15) is 11.3 Å². The first kappa shape index (κ1) is 16.5. The van der Waals surface area contributed by atoms with Crippen LogP contribution in [0.5, 0.6) is 5.75 Å². The van der Waals surface area contributed by atoms with Gasteiger partial charge in [-0.05, 0) is 24.6 Å². The van der Waals surface area contributed by atoms with Crippen molar-refractivity contribution in [3.63, 3.8) is 0 Å². The van der Waals surface area contributed by atoms with Gasteiger partial charge in [-0.15, -0.1) is 0 Å². The molecule has 0 spiro atoms. The minimum atomic E-state index is -0.606. The Hall–Kier alpha value is -2.83. The van der Waals surface area contributed by atoms with Crippen molar-refractivity contribution in [1.29, 1.82) is 0 Å². The summed E-state index contributed by atoms with van der Waals surface area (Å²) in [6.07, 6.45) is -0.152. The van der Waals surface area contributed by atoms with Crippen molar-refractivity contribution in [2.24, 2.45) is 0 Å². The lowest BCUT2D eigenvalue weighted by molar-refractivity contribution is -0.143. The Morgan fingerprint density at radius 1 is 1.13 bits per heavy atom. The average molecular weight is 320 g/mol. The molecule has 2 rings (SSSR count). The van der Waals surface area contributed by atoms with E-state index in [1.54, 1.807) is 19.1 Å². The molecular weight excluding hydrogens is 304 g/mol. The number of hydrogen-bond donors (Lipinski definition) is 0. The third-order valence-electron chi connectivity index (χ3n) is 3.39. The Morgan fingerprint density at radius 3 is 2.48 bits per heavy atom. The van der Waals surface area contributed by atoms with Gasteiger partial charge >= 0.3 is 17.6 Å². The highest BCUT2D eigenvalue weighted by Gasteiger charge is 2.15. The van der Waals surface area contributed by atoms with E-state index in [9.17, 15) is 14.4 Å². The Labute approximate surface area is 131 Å². The first-order chi connectivity index (χ1) is 11.0. The fourth-order valence-electron chi connectivity index (χ4n) is 2.09. The summed E-state index contributed by atoms with van der Waals surface area (Å²) in [5.41, 5.74) is 0.600. The number of rotatable bonds is 5. The van der Waals surface area contributed by atoms with Crippen molar-refractivity contribution in [2.45, 2.75) is 13.3 Å². The molecule has 122 valence electrons. The second kappa shape index (κ2) is 6.95. The molecule has 0 aliphatic rings. The number of carbonyl (C=O) groups is 2. The zero-order chi connectivity index (χ0) is 17.0. The van der Waals surface area contributed by atoms with Crippen LogP contribution in [0.25, 0.3) is 11.0 Å². The maximum absolute atomic E-state index is 12.0. The summed E-state index contributed by atoms with van der Waals surface area (Å²) >= 11 is 0. The number of carbonyl (C=O) groups excluding carboxylic acids is 2. The van der Waals surface area contributed by atoms with Gasteiger partial charge < -0.3 is 18.6 Å². The molecule has 1 aromatic carbocycles. The van der Waals surface area contributed by atoms with E-state index in [1.165, 1.54) is 20.3 Å². The van der Waals surface area contributed by atoms with Crippen molar-refractivity contribution in [2.75, 3.05) is 20.8 Å². The lowest BCUT2D eigenvalue weighted by atomic mass is 10.0. The van der Waals surface area contributed by atoms with Gasteiger partial charge in [0.25, 0.3) is 0 Å². The van der Waals surface area contributed by atoms with E-state index in [2.05, 4.69) is 9.47 Å². The quantitative estimate of drug-likeness (QED) is 0.607. The van der Waals surface area contributed by atoms with Gasteiger partial charge in [-0.25, -0.2) is 9.59 Å². The SMILES string of the molecule is COC(=O)COc1ccc2c(C)c(CC(=O)OC)c(=O)oc2c1. The molecule has 0 bridgehead atoms. The number of esters is 2. The molecule has 0 amide bonds. The molecule has 1 heterocycles. The van der Waals surface area contributed by atoms with Gasteiger partial charge in [0.15, 0.2) is 6.61 Å². The molecule has 1 aromatic heterocycles. The summed E-state index contributed by atoms with van der Waals surface area (Å²) in [6, 6.07) is 4.84. The maximum Gasteiger partial charge on any atom is 0.343 e. The Balaban J connectivity index is 2.38. The third-order valence-corrected chi connectivity index (χ3v) is 3.39. The fourth-order valence-corrected chi connectivity index (χ4v) is 2.09. The Bertz CT molecular complexity index is 804. The lowest BCUT2D eigenvalue weighted by Gasteiger charge is -2.09. The third kappa shape index (κ3) is 3.68. The van der Waals surface area contributed by atoms with Crippen LogP contribution in [-0.2, 0) is 25.5 Å². The normalized spacial score (nSPS) is 10.4. The van der Waals surface area contributed by atoms with E-state index in [-0.39, 0.29) is 18.6 Å². The highest BCUT2D eigenvalue weighted by Crippen LogP contribution is 2.24. The van der Waals surface area contributed by atoms with E-state index in [0.717, 1.165) is 0 Å². The standard InChI is InChI=1S/C16H16O7/c1-9-11-5-4-10(22-8-15(18)21-3)6-13(11)23-16(19)12(9)7-14(17)20-2/h4-6H,7-8H2,1-3H3. The monoisotopic (exact) mass is 320 g/mol. The van der Waals surface area contributed by atoms with Crippen LogP contribution in [0.4, 0.5) is 0 Å². The zero-order valence-corrected chi connectivity index (χ0v) is 13.0. The summed E-state index contributed by atoms with van der Waals surface area (Å²) in [5, 5.41) is 0.675. The summed E-state index contributed by atoms with van der Waals surface area (Å²) in [5.74, 6) is -0.667. The van der Waals surface area contributed by atoms with Gasteiger partial charge in [-0.1, -0.05) is 0 Å². The highest BCUT2D eigenvalue weighted by molar-refractivity contribution is 5.84. The van der Waals surface area contributed by atoms with Crippen molar-refractivity contribution in [1.82, 2.24) is 0 Å². The molecule has 0 fully saturated rings. The molecule has 0 radical (unpaired) electrons. The molecule has 0 aliphatic carbocycles. The van der Waals surface area contributed by atoms with Crippen molar-refractivity contribution >= 4 is 22.9 Å². The molecule has 0 saturated heterocycles. The molecule has 2 aromatic rings. The highest BCUT2D eigenvalue weighted by atomic mass is 16.6. The van der Waals surface area contributed by atoms with Gasteiger partial charge in [-0.3, -0.25) is 4.79 Å². The van der Waals surface area contributed by atoms with E-state index >= 15 is 0 Å². The second-order valence-corrected chi connectivity index (χ2v) is 4.77. The molecule has 0 aliphatic heterocycles. The summed E-state index contributed by atoms with van der Waals surface area (Å²) in [4.78, 5) is 34.5. The molecule has 7 heteroatoms. The van der Waals surface area contributed by atoms with E-state index in [4.69, 9.17) is 9.15 Å².